The van der Waals surface area contributed by atoms with Crippen molar-refractivity contribution in [3.8, 4) is 0 Å². The summed E-state index contributed by atoms with van der Waals surface area (Å²) in [6, 6.07) is 7.36. The molecule has 0 saturated heterocycles. The van der Waals surface area contributed by atoms with Crippen LogP contribution in [0.25, 0.3) is 0 Å². The SMILES string of the molecule is CC(C)CONC(=O)c1cccc(I)c1. The molecule has 0 aliphatic heterocycles. The minimum atomic E-state index is -0.200. The van der Waals surface area contributed by atoms with Gasteiger partial charge < -0.3 is 0 Å². The molecule has 1 aromatic rings. The van der Waals surface area contributed by atoms with Crippen molar-refractivity contribution in [1.82, 2.24) is 5.48 Å². The van der Waals surface area contributed by atoms with Crippen molar-refractivity contribution in [1.29, 1.82) is 0 Å². The first-order valence-electron chi connectivity index (χ1n) is 4.77. The average Bonchev–Trinajstić information content (AvgIpc) is 2.17. The third kappa shape index (κ3) is 4.61. The molecule has 0 saturated carbocycles. The zero-order chi connectivity index (χ0) is 11.3. The molecule has 0 atom stereocenters. The second kappa shape index (κ2) is 6.07. The van der Waals surface area contributed by atoms with Crippen LogP contribution in [-0.2, 0) is 4.84 Å². The monoisotopic (exact) mass is 319 g/mol. The fraction of sp³-hybridized carbons (Fsp3) is 0.364. The Labute approximate surface area is 103 Å². The predicted molar refractivity (Wildman–Crippen MR) is 67.4 cm³/mol. The van der Waals surface area contributed by atoms with Crippen molar-refractivity contribution < 1.29 is 9.63 Å². The van der Waals surface area contributed by atoms with Gasteiger partial charge in [0, 0.05) is 9.13 Å². The van der Waals surface area contributed by atoms with Gasteiger partial charge in [-0.05, 0) is 46.7 Å². The maximum absolute atomic E-state index is 11.5. The lowest BCUT2D eigenvalue weighted by Gasteiger charge is -2.07. The molecule has 0 aromatic heterocycles. The fourth-order valence-corrected chi connectivity index (χ4v) is 1.51. The number of hydrogen-bond acceptors (Lipinski definition) is 2. The largest absolute Gasteiger partial charge is 0.274 e. The van der Waals surface area contributed by atoms with Gasteiger partial charge in [-0.2, -0.15) is 0 Å². The second-order valence-electron chi connectivity index (χ2n) is 3.65. The van der Waals surface area contributed by atoms with Gasteiger partial charge in [0.2, 0.25) is 0 Å². The van der Waals surface area contributed by atoms with Crippen LogP contribution >= 0.6 is 22.6 Å². The Morgan fingerprint density at radius 1 is 1.53 bits per heavy atom. The quantitative estimate of drug-likeness (QED) is 0.684. The van der Waals surface area contributed by atoms with E-state index in [-0.39, 0.29) is 5.91 Å². The average molecular weight is 319 g/mol. The van der Waals surface area contributed by atoms with Crippen molar-refractivity contribution in [2.75, 3.05) is 6.61 Å². The lowest BCUT2D eigenvalue weighted by molar-refractivity contribution is 0.0208. The van der Waals surface area contributed by atoms with Crippen LogP contribution in [0.5, 0.6) is 0 Å². The summed E-state index contributed by atoms with van der Waals surface area (Å²) in [4.78, 5) is 16.6. The van der Waals surface area contributed by atoms with Crippen molar-refractivity contribution >= 4 is 28.5 Å². The smallest absolute Gasteiger partial charge is 0.273 e. The van der Waals surface area contributed by atoms with Gasteiger partial charge >= 0.3 is 0 Å². The Morgan fingerprint density at radius 2 is 2.27 bits per heavy atom. The number of hydroxylamine groups is 1. The molecule has 0 bridgehead atoms. The Bertz CT molecular complexity index is 339. The number of hydrogen-bond donors (Lipinski definition) is 1. The Kier molecular flexibility index (Phi) is 5.04. The highest BCUT2D eigenvalue weighted by Gasteiger charge is 2.05. The molecule has 82 valence electrons. The van der Waals surface area contributed by atoms with E-state index in [1.165, 1.54) is 0 Å². The molecular weight excluding hydrogens is 305 g/mol. The first-order chi connectivity index (χ1) is 7.09. The number of rotatable bonds is 4. The summed E-state index contributed by atoms with van der Waals surface area (Å²) in [5.74, 6) is 0.204. The minimum Gasteiger partial charge on any atom is -0.273 e. The maximum Gasteiger partial charge on any atom is 0.274 e. The number of nitrogens with one attached hydrogen (secondary N) is 1. The Hall–Kier alpha value is -0.620. The van der Waals surface area contributed by atoms with Gasteiger partial charge in [-0.25, -0.2) is 5.48 Å². The van der Waals surface area contributed by atoms with Gasteiger partial charge in [-0.15, -0.1) is 0 Å². The standard InChI is InChI=1S/C11H14INO2/c1-8(2)7-15-13-11(14)9-4-3-5-10(12)6-9/h3-6,8H,7H2,1-2H3,(H,13,14). The molecule has 0 spiro atoms. The lowest BCUT2D eigenvalue weighted by Crippen LogP contribution is -2.25. The number of amides is 1. The Morgan fingerprint density at radius 3 is 2.87 bits per heavy atom. The third-order valence-corrected chi connectivity index (χ3v) is 2.34. The highest BCUT2D eigenvalue weighted by Crippen LogP contribution is 2.07. The summed E-state index contributed by atoms with van der Waals surface area (Å²) in [6.45, 7) is 4.57. The van der Waals surface area contributed by atoms with E-state index < -0.39 is 0 Å². The first kappa shape index (κ1) is 12.4. The lowest BCUT2D eigenvalue weighted by atomic mass is 10.2. The molecule has 0 unspecified atom stereocenters. The van der Waals surface area contributed by atoms with Crippen LogP contribution in [0.4, 0.5) is 0 Å². The zero-order valence-electron chi connectivity index (χ0n) is 8.79. The number of halogens is 1. The van der Waals surface area contributed by atoms with E-state index in [1.54, 1.807) is 6.07 Å². The van der Waals surface area contributed by atoms with E-state index in [1.807, 2.05) is 32.0 Å². The van der Waals surface area contributed by atoms with Crippen LogP contribution in [0.2, 0.25) is 0 Å². The van der Waals surface area contributed by atoms with Crippen molar-refractivity contribution in [2.24, 2.45) is 5.92 Å². The molecule has 0 heterocycles. The topological polar surface area (TPSA) is 38.3 Å². The summed E-state index contributed by atoms with van der Waals surface area (Å²) >= 11 is 2.17. The minimum absolute atomic E-state index is 0.200. The van der Waals surface area contributed by atoms with E-state index in [2.05, 4.69) is 28.1 Å². The van der Waals surface area contributed by atoms with Crippen LogP contribution < -0.4 is 5.48 Å². The second-order valence-corrected chi connectivity index (χ2v) is 4.89. The van der Waals surface area contributed by atoms with Gasteiger partial charge in [0.05, 0.1) is 6.61 Å². The van der Waals surface area contributed by atoms with Crippen LogP contribution in [0.15, 0.2) is 24.3 Å². The zero-order valence-corrected chi connectivity index (χ0v) is 10.9. The summed E-state index contributed by atoms with van der Waals surface area (Å²) in [7, 11) is 0. The molecule has 0 fully saturated rings. The van der Waals surface area contributed by atoms with Crippen molar-refractivity contribution in [2.45, 2.75) is 13.8 Å². The van der Waals surface area contributed by atoms with Crippen LogP contribution in [0.3, 0.4) is 0 Å². The molecular formula is C11H14INO2. The van der Waals surface area contributed by atoms with Gasteiger partial charge in [-0.1, -0.05) is 19.9 Å². The van der Waals surface area contributed by atoms with Gasteiger partial charge in [-0.3, -0.25) is 9.63 Å². The maximum atomic E-state index is 11.5. The molecule has 0 radical (unpaired) electrons. The normalized spacial score (nSPS) is 10.4. The number of carbonyl (C=O) groups excluding carboxylic acids is 1. The summed E-state index contributed by atoms with van der Waals surface area (Å²) < 4.78 is 1.03. The van der Waals surface area contributed by atoms with Gasteiger partial charge in [0.1, 0.15) is 0 Å². The predicted octanol–water partition coefficient (Wildman–Crippen LogP) is 2.61. The molecule has 1 N–H and O–H groups in total. The molecule has 15 heavy (non-hydrogen) atoms. The highest BCUT2D eigenvalue weighted by atomic mass is 127. The van der Waals surface area contributed by atoms with Crippen LogP contribution in [-0.4, -0.2) is 12.5 Å². The Balaban J connectivity index is 2.47. The van der Waals surface area contributed by atoms with E-state index in [0.29, 0.717) is 18.1 Å². The van der Waals surface area contributed by atoms with Gasteiger partial charge in [0.25, 0.3) is 5.91 Å². The van der Waals surface area contributed by atoms with E-state index in [4.69, 9.17) is 4.84 Å². The summed E-state index contributed by atoms with van der Waals surface area (Å²) in [5.41, 5.74) is 3.03. The molecule has 1 aromatic carbocycles. The van der Waals surface area contributed by atoms with Crippen molar-refractivity contribution in [3.05, 3.63) is 33.4 Å². The van der Waals surface area contributed by atoms with Gasteiger partial charge in [0.15, 0.2) is 0 Å². The molecule has 1 amide bonds. The van der Waals surface area contributed by atoms with E-state index >= 15 is 0 Å². The summed E-state index contributed by atoms with van der Waals surface area (Å²) in [6.07, 6.45) is 0. The van der Waals surface area contributed by atoms with E-state index in [9.17, 15) is 4.79 Å². The molecule has 0 aliphatic carbocycles. The van der Waals surface area contributed by atoms with Crippen molar-refractivity contribution in [3.63, 3.8) is 0 Å². The molecule has 0 aliphatic rings. The molecule has 4 heteroatoms. The highest BCUT2D eigenvalue weighted by molar-refractivity contribution is 14.1. The third-order valence-electron chi connectivity index (χ3n) is 1.67. The number of carbonyl (C=O) groups is 1. The number of benzene rings is 1. The van der Waals surface area contributed by atoms with E-state index in [0.717, 1.165) is 3.57 Å². The van der Waals surface area contributed by atoms with Crippen LogP contribution in [0.1, 0.15) is 24.2 Å². The summed E-state index contributed by atoms with van der Waals surface area (Å²) in [5, 5.41) is 0. The fourth-order valence-electron chi connectivity index (χ4n) is 0.963. The first-order valence-corrected chi connectivity index (χ1v) is 5.85. The van der Waals surface area contributed by atoms with Crippen LogP contribution in [0, 0.1) is 9.49 Å². The molecule has 3 nitrogen and oxygen atoms in total. The molecule has 1 rings (SSSR count).